The highest BCUT2D eigenvalue weighted by molar-refractivity contribution is 9.10. The van der Waals surface area contributed by atoms with E-state index in [0.29, 0.717) is 16.9 Å². The van der Waals surface area contributed by atoms with Gasteiger partial charge in [0.1, 0.15) is 5.75 Å². The Kier molecular flexibility index (Phi) is 4.26. The summed E-state index contributed by atoms with van der Waals surface area (Å²) in [6.45, 7) is 7.11. The molecule has 0 aromatic heterocycles. The number of halogens is 1. The van der Waals surface area contributed by atoms with Crippen LogP contribution in [0.2, 0.25) is 0 Å². The highest BCUT2D eigenvalue weighted by Gasteiger charge is 2.32. The monoisotopic (exact) mass is 324 g/mol. The second-order valence-electron chi connectivity index (χ2n) is 5.28. The summed E-state index contributed by atoms with van der Waals surface area (Å²) in [6.07, 6.45) is 0. The van der Waals surface area contributed by atoms with Crippen LogP contribution in [0.15, 0.2) is 18.2 Å². The third-order valence-electron chi connectivity index (χ3n) is 2.75. The first-order valence-corrected chi connectivity index (χ1v) is 6.59. The Labute approximate surface area is 121 Å². The summed E-state index contributed by atoms with van der Waals surface area (Å²) in [5.41, 5.74) is 5.69. The molecule has 0 unspecified atom stereocenters. The van der Waals surface area contributed by atoms with Crippen LogP contribution in [0.4, 0.5) is 0 Å². The molecule has 102 valence electrons. The second kappa shape index (κ2) is 5.22. The Morgan fingerprint density at radius 3 is 2.37 bits per heavy atom. The average Bonchev–Trinajstić information content (AvgIpc) is 2.26. The van der Waals surface area contributed by atoms with Crippen LogP contribution < -0.4 is 10.5 Å². The molecule has 0 radical (unpaired) electrons. The molecule has 0 aliphatic rings. The van der Waals surface area contributed by atoms with E-state index in [-0.39, 0.29) is 0 Å². The number of hydrogen-bond acceptors (Lipinski definition) is 3. The molecule has 0 fully saturated rings. The Balaban J connectivity index is 3.40. The number of ether oxygens (including phenoxy) is 1. The fraction of sp³-hybridized carbons (Fsp3) is 0.429. The van der Waals surface area contributed by atoms with Crippen LogP contribution in [0.5, 0.6) is 5.75 Å². The predicted octanol–water partition coefficient (Wildman–Crippen LogP) is 2.83. The molecule has 0 aliphatic heterocycles. The number of carbonyl (C=O) groups excluding carboxylic acids is 1. The zero-order chi connectivity index (χ0) is 14.8. The lowest BCUT2D eigenvalue weighted by atomic mass is 9.83. The summed E-state index contributed by atoms with van der Waals surface area (Å²) < 4.78 is 5.16. The number of nitriles is 1. The molecule has 0 atom stereocenters. The van der Waals surface area contributed by atoms with Crippen LogP contribution in [0.3, 0.4) is 0 Å². The van der Waals surface area contributed by atoms with Crippen LogP contribution in [0.25, 0.3) is 0 Å². The largest absolute Gasteiger partial charge is 0.476 e. The molecule has 0 saturated carbocycles. The smallest absolute Gasteiger partial charge is 0.227 e. The molecule has 0 heterocycles. The zero-order valence-corrected chi connectivity index (χ0v) is 13.0. The molecule has 2 N–H and O–H groups in total. The minimum Gasteiger partial charge on any atom is -0.476 e. The fourth-order valence-electron chi connectivity index (χ4n) is 1.59. The first-order valence-electron chi connectivity index (χ1n) is 5.80. The standard InChI is InChI=1S/C14H17BrN2O2/c1-13(2,12(17)18)10-6-5-9(8-16)7-11(10)19-14(3,4)15/h5-7H,1-4H3,(H2,17,18). The fourth-order valence-corrected chi connectivity index (χ4v) is 1.76. The molecular formula is C14H17BrN2O2. The van der Waals surface area contributed by atoms with Gasteiger partial charge in [0.25, 0.3) is 0 Å². The number of benzene rings is 1. The number of rotatable bonds is 4. The molecular weight excluding hydrogens is 308 g/mol. The van der Waals surface area contributed by atoms with Crippen molar-refractivity contribution in [2.75, 3.05) is 0 Å². The highest BCUT2D eigenvalue weighted by atomic mass is 79.9. The van der Waals surface area contributed by atoms with E-state index in [0.717, 1.165) is 0 Å². The van der Waals surface area contributed by atoms with Crippen LogP contribution >= 0.6 is 15.9 Å². The van der Waals surface area contributed by atoms with E-state index in [4.69, 9.17) is 15.7 Å². The summed E-state index contributed by atoms with van der Waals surface area (Å²) in [4.78, 5) is 11.6. The van der Waals surface area contributed by atoms with Gasteiger partial charge in [-0.2, -0.15) is 5.26 Å². The number of nitrogens with two attached hydrogens (primary N) is 1. The number of primary amides is 1. The molecule has 1 amide bonds. The van der Waals surface area contributed by atoms with Crippen LogP contribution in [0, 0.1) is 11.3 Å². The lowest BCUT2D eigenvalue weighted by molar-refractivity contribution is -0.122. The van der Waals surface area contributed by atoms with E-state index in [1.165, 1.54) is 0 Å². The van der Waals surface area contributed by atoms with Gasteiger partial charge in [0.15, 0.2) is 4.51 Å². The van der Waals surface area contributed by atoms with Gasteiger partial charge in [-0.15, -0.1) is 0 Å². The van der Waals surface area contributed by atoms with Gasteiger partial charge < -0.3 is 10.5 Å². The number of hydrogen-bond donors (Lipinski definition) is 1. The Hall–Kier alpha value is -1.54. The van der Waals surface area contributed by atoms with Gasteiger partial charge in [0.05, 0.1) is 17.0 Å². The highest BCUT2D eigenvalue weighted by Crippen LogP contribution is 2.35. The van der Waals surface area contributed by atoms with Gasteiger partial charge >= 0.3 is 0 Å². The van der Waals surface area contributed by atoms with Gasteiger partial charge in [-0.3, -0.25) is 4.79 Å². The molecule has 0 spiro atoms. The van der Waals surface area contributed by atoms with Gasteiger partial charge in [0, 0.05) is 5.56 Å². The van der Waals surface area contributed by atoms with E-state index in [1.807, 2.05) is 19.9 Å². The van der Waals surface area contributed by atoms with Crippen molar-refractivity contribution >= 4 is 21.8 Å². The Morgan fingerprint density at radius 2 is 1.95 bits per heavy atom. The molecule has 0 bridgehead atoms. The number of alkyl halides is 1. The van der Waals surface area contributed by atoms with Gasteiger partial charge in [-0.25, -0.2) is 0 Å². The maximum absolute atomic E-state index is 11.6. The third kappa shape index (κ3) is 3.71. The molecule has 0 aliphatic carbocycles. The SMILES string of the molecule is CC(C)(Br)Oc1cc(C#N)ccc1C(C)(C)C(N)=O. The number of carbonyl (C=O) groups is 1. The Morgan fingerprint density at radius 1 is 1.37 bits per heavy atom. The second-order valence-corrected chi connectivity index (χ2v) is 7.19. The van der Waals surface area contributed by atoms with Crippen molar-refractivity contribution in [3.8, 4) is 11.8 Å². The summed E-state index contributed by atoms with van der Waals surface area (Å²) in [5.74, 6) is 0.0270. The molecule has 19 heavy (non-hydrogen) atoms. The van der Waals surface area contributed by atoms with Crippen LogP contribution in [-0.4, -0.2) is 10.4 Å². The summed E-state index contributed by atoms with van der Waals surface area (Å²) >= 11 is 3.38. The van der Waals surface area contributed by atoms with Gasteiger partial charge in [-0.1, -0.05) is 6.07 Å². The van der Waals surface area contributed by atoms with E-state index in [2.05, 4.69) is 15.9 Å². The summed E-state index contributed by atoms with van der Waals surface area (Å²) in [5, 5.41) is 8.95. The van der Waals surface area contributed by atoms with Crippen molar-refractivity contribution < 1.29 is 9.53 Å². The van der Waals surface area contributed by atoms with Gasteiger partial charge in [0.2, 0.25) is 5.91 Å². The van der Waals surface area contributed by atoms with Gasteiger partial charge in [-0.05, 0) is 55.8 Å². The van der Waals surface area contributed by atoms with E-state index < -0.39 is 15.8 Å². The van der Waals surface area contributed by atoms with Crippen molar-refractivity contribution in [1.29, 1.82) is 5.26 Å². The lowest BCUT2D eigenvalue weighted by Gasteiger charge is -2.27. The summed E-state index contributed by atoms with van der Waals surface area (Å²) in [7, 11) is 0. The van der Waals surface area contributed by atoms with E-state index in [1.54, 1.807) is 32.0 Å². The quantitative estimate of drug-likeness (QED) is 0.865. The predicted molar refractivity (Wildman–Crippen MR) is 77.0 cm³/mol. The normalized spacial score (nSPS) is 11.8. The number of nitrogens with zero attached hydrogens (tertiary/aromatic N) is 1. The first-order chi connectivity index (χ1) is 8.58. The average molecular weight is 325 g/mol. The maximum atomic E-state index is 11.6. The lowest BCUT2D eigenvalue weighted by Crippen LogP contribution is -2.36. The number of amides is 1. The molecule has 4 nitrogen and oxygen atoms in total. The third-order valence-corrected chi connectivity index (χ3v) is 2.91. The zero-order valence-electron chi connectivity index (χ0n) is 11.5. The van der Waals surface area contributed by atoms with Crippen molar-refractivity contribution in [1.82, 2.24) is 0 Å². The first kappa shape index (κ1) is 15.5. The van der Waals surface area contributed by atoms with E-state index >= 15 is 0 Å². The minimum absolute atomic E-state index is 0.450. The molecule has 1 aromatic carbocycles. The molecule has 1 aromatic rings. The Bertz CT molecular complexity index is 539. The van der Waals surface area contributed by atoms with E-state index in [9.17, 15) is 4.79 Å². The van der Waals surface area contributed by atoms with Crippen molar-refractivity contribution in [3.05, 3.63) is 29.3 Å². The maximum Gasteiger partial charge on any atom is 0.227 e. The minimum atomic E-state index is -0.873. The molecule has 1 rings (SSSR count). The van der Waals surface area contributed by atoms with Crippen molar-refractivity contribution in [3.63, 3.8) is 0 Å². The summed E-state index contributed by atoms with van der Waals surface area (Å²) in [6, 6.07) is 7.02. The van der Waals surface area contributed by atoms with Crippen molar-refractivity contribution in [2.45, 2.75) is 37.6 Å². The van der Waals surface area contributed by atoms with Crippen LogP contribution in [0.1, 0.15) is 38.8 Å². The van der Waals surface area contributed by atoms with Crippen molar-refractivity contribution in [2.24, 2.45) is 5.73 Å². The molecule has 0 saturated heterocycles. The molecule has 5 heteroatoms. The van der Waals surface area contributed by atoms with Crippen LogP contribution in [-0.2, 0) is 10.2 Å². The topological polar surface area (TPSA) is 76.1 Å².